The van der Waals surface area contributed by atoms with Gasteiger partial charge in [-0.25, -0.2) is 0 Å². The van der Waals surface area contributed by atoms with Crippen molar-refractivity contribution in [3.05, 3.63) is 29.3 Å². The first-order valence-corrected chi connectivity index (χ1v) is 8.32. The highest BCUT2D eigenvalue weighted by molar-refractivity contribution is 9.09. The van der Waals surface area contributed by atoms with Crippen LogP contribution >= 0.6 is 15.9 Å². The van der Waals surface area contributed by atoms with E-state index in [2.05, 4.69) is 21.2 Å². The van der Waals surface area contributed by atoms with Crippen molar-refractivity contribution in [2.45, 2.75) is 36.9 Å². The number of carbonyl (C=O) groups excluding carboxylic acids is 1. The highest BCUT2D eigenvalue weighted by atomic mass is 79.9. The number of amides is 1. The van der Waals surface area contributed by atoms with E-state index in [4.69, 9.17) is 4.74 Å². The van der Waals surface area contributed by atoms with E-state index >= 15 is 0 Å². The molecule has 108 valence electrons. The summed E-state index contributed by atoms with van der Waals surface area (Å²) in [5, 5.41) is 3.08. The van der Waals surface area contributed by atoms with Crippen LogP contribution in [0.1, 0.15) is 41.6 Å². The van der Waals surface area contributed by atoms with Crippen molar-refractivity contribution in [1.29, 1.82) is 0 Å². The summed E-state index contributed by atoms with van der Waals surface area (Å²) in [4.78, 5) is 12.8. The minimum absolute atomic E-state index is 0.0383. The fraction of sp³-hybridized carbons (Fsp3) is 0.562. The summed E-state index contributed by atoms with van der Waals surface area (Å²) < 4.78 is 5.46. The molecule has 1 aromatic carbocycles. The van der Waals surface area contributed by atoms with Gasteiger partial charge in [-0.05, 0) is 48.9 Å². The van der Waals surface area contributed by atoms with E-state index in [1.807, 2.05) is 18.2 Å². The second kappa shape index (κ2) is 6.17. The van der Waals surface area contributed by atoms with Gasteiger partial charge in [-0.15, -0.1) is 0 Å². The Hall–Kier alpha value is -1.03. The van der Waals surface area contributed by atoms with Gasteiger partial charge in [-0.1, -0.05) is 22.4 Å². The SMILES string of the molecule is O=C(NCC1CCCC(Br)C1)c1ccc2c(c1)CCO2. The van der Waals surface area contributed by atoms with Crippen LogP contribution in [0.25, 0.3) is 0 Å². The zero-order valence-electron chi connectivity index (χ0n) is 11.5. The van der Waals surface area contributed by atoms with Crippen LogP contribution in [0.2, 0.25) is 0 Å². The Morgan fingerprint density at radius 3 is 3.15 bits per heavy atom. The maximum absolute atomic E-state index is 12.2. The van der Waals surface area contributed by atoms with Crippen molar-refractivity contribution in [1.82, 2.24) is 5.32 Å². The number of ether oxygens (including phenoxy) is 1. The molecule has 3 rings (SSSR count). The first-order valence-electron chi connectivity index (χ1n) is 7.40. The van der Waals surface area contributed by atoms with Crippen molar-refractivity contribution in [3.8, 4) is 5.75 Å². The van der Waals surface area contributed by atoms with E-state index < -0.39 is 0 Å². The van der Waals surface area contributed by atoms with Crippen LogP contribution in [0, 0.1) is 5.92 Å². The van der Waals surface area contributed by atoms with Gasteiger partial charge in [0.1, 0.15) is 5.75 Å². The molecular formula is C16H20BrNO2. The van der Waals surface area contributed by atoms with Gasteiger partial charge in [0.2, 0.25) is 0 Å². The van der Waals surface area contributed by atoms with Crippen LogP contribution in [0.5, 0.6) is 5.75 Å². The Labute approximate surface area is 128 Å². The van der Waals surface area contributed by atoms with Crippen molar-refractivity contribution in [3.63, 3.8) is 0 Å². The summed E-state index contributed by atoms with van der Waals surface area (Å²) in [7, 11) is 0. The van der Waals surface area contributed by atoms with E-state index in [9.17, 15) is 4.79 Å². The third-order valence-electron chi connectivity index (χ3n) is 4.22. The van der Waals surface area contributed by atoms with E-state index in [0.29, 0.717) is 10.7 Å². The maximum atomic E-state index is 12.2. The van der Waals surface area contributed by atoms with Gasteiger partial charge in [-0.2, -0.15) is 0 Å². The normalized spacial score (nSPS) is 24.9. The fourth-order valence-corrected chi connectivity index (χ4v) is 3.93. The molecule has 1 amide bonds. The second-order valence-corrected chi connectivity index (χ2v) is 7.06. The van der Waals surface area contributed by atoms with Gasteiger partial charge >= 0.3 is 0 Å². The van der Waals surface area contributed by atoms with Crippen LogP contribution in [-0.4, -0.2) is 23.9 Å². The fourth-order valence-electron chi connectivity index (χ4n) is 3.08. The Morgan fingerprint density at radius 2 is 2.30 bits per heavy atom. The van der Waals surface area contributed by atoms with Crippen LogP contribution in [0.15, 0.2) is 18.2 Å². The third kappa shape index (κ3) is 3.17. The van der Waals surface area contributed by atoms with Crippen LogP contribution in [0.3, 0.4) is 0 Å². The average molecular weight is 338 g/mol. The molecule has 20 heavy (non-hydrogen) atoms. The lowest BCUT2D eigenvalue weighted by Gasteiger charge is -2.25. The molecule has 0 radical (unpaired) electrons. The van der Waals surface area contributed by atoms with E-state index in [0.717, 1.165) is 42.9 Å². The Morgan fingerprint density at radius 1 is 1.40 bits per heavy atom. The number of alkyl halides is 1. The molecule has 1 fully saturated rings. The molecule has 0 spiro atoms. The van der Waals surface area contributed by atoms with Crippen molar-refractivity contribution in [2.24, 2.45) is 5.92 Å². The van der Waals surface area contributed by atoms with Crippen molar-refractivity contribution in [2.75, 3.05) is 13.2 Å². The summed E-state index contributed by atoms with van der Waals surface area (Å²) in [6, 6.07) is 5.73. The van der Waals surface area contributed by atoms with Crippen LogP contribution in [0.4, 0.5) is 0 Å². The summed E-state index contributed by atoms with van der Waals surface area (Å²) >= 11 is 3.69. The number of hydrogen-bond donors (Lipinski definition) is 1. The molecule has 3 nitrogen and oxygen atoms in total. The van der Waals surface area contributed by atoms with Crippen LogP contribution in [-0.2, 0) is 6.42 Å². The van der Waals surface area contributed by atoms with Crippen LogP contribution < -0.4 is 10.1 Å². The van der Waals surface area contributed by atoms with E-state index in [-0.39, 0.29) is 5.91 Å². The lowest BCUT2D eigenvalue weighted by molar-refractivity contribution is 0.0944. The largest absolute Gasteiger partial charge is 0.493 e. The summed E-state index contributed by atoms with van der Waals surface area (Å²) in [6.45, 7) is 1.52. The number of nitrogens with one attached hydrogen (secondary N) is 1. The monoisotopic (exact) mass is 337 g/mol. The Balaban J connectivity index is 1.56. The van der Waals surface area contributed by atoms with Crippen molar-refractivity contribution >= 4 is 21.8 Å². The molecule has 2 aliphatic rings. The van der Waals surface area contributed by atoms with Gasteiger partial charge in [0.05, 0.1) is 6.61 Å². The molecular weight excluding hydrogens is 318 g/mol. The van der Waals surface area contributed by atoms with E-state index in [1.165, 1.54) is 19.3 Å². The number of benzene rings is 1. The Bertz CT molecular complexity index is 503. The molecule has 2 atom stereocenters. The molecule has 2 unspecified atom stereocenters. The molecule has 1 aromatic rings. The lowest BCUT2D eigenvalue weighted by Crippen LogP contribution is -2.31. The van der Waals surface area contributed by atoms with E-state index in [1.54, 1.807) is 0 Å². The first-order chi connectivity index (χ1) is 9.72. The molecule has 0 aromatic heterocycles. The molecule has 0 bridgehead atoms. The first kappa shape index (κ1) is 13.9. The van der Waals surface area contributed by atoms with Gasteiger partial charge in [-0.3, -0.25) is 4.79 Å². The van der Waals surface area contributed by atoms with Gasteiger partial charge in [0.15, 0.2) is 0 Å². The topological polar surface area (TPSA) is 38.3 Å². The second-order valence-electron chi connectivity index (χ2n) is 5.76. The number of carbonyl (C=O) groups is 1. The number of hydrogen-bond acceptors (Lipinski definition) is 2. The number of halogens is 1. The predicted molar refractivity (Wildman–Crippen MR) is 82.6 cm³/mol. The molecule has 1 aliphatic heterocycles. The van der Waals surface area contributed by atoms with Gasteiger partial charge < -0.3 is 10.1 Å². The number of fused-ring (bicyclic) bond motifs is 1. The molecule has 1 saturated carbocycles. The summed E-state index contributed by atoms with van der Waals surface area (Å²) in [5.41, 5.74) is 1.90. The third-order valence-corrected chi connectivity index (χ3v) is 5.05. The molecule has 1 aliphatic carbocycles. The maximum Gasteiger partial charge on any atom is 0.251 e. The molecule has 0 saturated heterocycles. The Kier molecular flexibility index (Phi) is 4.29. The average Bonchev–Trinajstić information content (AvgIpc) is 2.92. The smallest absolute Gasteiger partial charge is 0.251 e. The molecule has 4 heteroatoms. The van der Waals surface area contributed by atoms with Crippen molar-refractivity contribution < 1.29 is 9.53 Å². The standard InChI is InChI=1S/C16H20BrNO2/c17-14-3-1-2-11(8-14)10-18-16(19)13-4-5-15-12(9-13)6-7-20-15/h4-5,9,11,14H,1-3,6-8,10H2,(H,18,19). The summed E-state index contributed by atoms with van der Waals surface area (Å²) in [5.74, 6) is 1.57. The quantitative estimate of drug-likeness (QED) is 0.859. The lowest BCUT2D eigenvalue weighted by atomic mass is 9.89. The minimum Gasteiger partial charge on any atom is -0.493 e. The predicted octanol–water partition coefficient (Wildman–Crippen LogP) is 3.31. The highest BCUT2D eigenvalue weighted by Gasteiger charge is 2.21. The zero-order valence-corrected chi connectivity index (χ0v) is 13.1. The van der Waals surface area contributed by atoms with Gasteiger partial charge in [0.25, 0.3) is 5.91 Å². The summed E-state index contributed by atoms with van der Waals surface area (Å²) in [6.07, 6.45) is 5.81. The minimum atomic E-state index is 0.0383. The molecule has 1 heterocycles. The number of rotatable bonds is 3. The zero-order chi connectivity index (χ0) is 13.9. The highest BCUT2D eigenvalue weighted by Crippen LogP contribution is 2.29. The van der Waals surface area contributed by atoms with Gasteiger partial charge in [0, 0.05) is 23.4 Å². The molecule has 1 N–H and O–H groups in total.